The topological polar surface area (TPSA) is 64.7 Å². The Hall–Kier alpha value is -0.940. The number of rotatable bonds is 3. The van der Waals surface area contributed by atoms with Crippen LogP contribution >= 0.6 is 15.9 Å². The highest BCUT2D eigenvalue weighted by Gasteiger charge is 2.37. The molecule has 0 aromatic heterocycles. The monoisotopic (exact) mass is 329 g/mol. The highest BCUT2D eigenvalue weighted by molar-refractivity contribution is 9.10. The molecule has 0 amide bonds. The van der Waals surface area contributed by atoms with E-state index in [0.29, 0.717) is 21.5 Å². The molecule has 1 aromatic carbocycles. The summed E-state index contributed by atoms with van der Waals surface area (Å²) in [7, 11) is 3.15. The summed E-state index contributed by atoms with van der Waals surface area (Å²) in [5.41, 5.74) is 6.64. The molecule has 1 aliphatic rings. The first-order chi connectivity index (χ1) is 9.03. The van der Waals surface area contributed by atoms with Crippen molar-refractivity contribution in [2.75, 3.05) is 14.2 Å². The number of ether oxygens (including phenoxy) is 2. The maximum Gasteiger partial charge on any atom is 0.169 e. The second kappa shape index (κ2) is 5.59. The van der Waals surface area contributed by atoms with E-state index >= 15 is 0 Å². The van der Waals surface area contributed by atoms with Crippen LogP contribution in [0.2, 0.25) is 0 Å². The number of benzene rings is 1. The number of aromatic hydroxyl groups is 1. The predicted molar refractivity (Wildman–Crippen MR) is 77.9 cm³/mol. The van der Waals surface area contributed by atoms with Crippen LogP contribution in [0.5, 0.6) is 17.2 Å². The van der Waals surface area contributed by atoms with Gasteiger partial charge in [0.15, 0.2) is 11.5 Å². The molecule has 4 nitrogen and oxygen atoms in total. The largest absolute Gasteiger partial charge is 0.506 e. The second-order valence-corrected chi connectivity index (χ2v) is 5.89. The highest BCUT2D eigenvalue weighted by Crippen LogP contribution is 2.50. The lowest BCUT2D eigenvalue weighted by Gasteiger charge is -2.35. The molecule has 1 saturated carbocycles. The van der Waals surface area contributed by atoms with Crippen LogP contribution in [-0.4, -0.2) is 19.3 Å². The van der Waals surface area contributed by atoms with Crippen LogP contribution in [0.1, 0.15) is 37.7 Å². The Bertz CT molecular complexity index is 470. The SMILES string of the molecule is COc1cc(Br)c(O)c(C2(N)CCCCC2)c1OC. The molecule has 106 valence electrons. The first kappa shape index (κ1) is 14.5. The first-order valence-corrected chi connectivity index (χ1v) is 7.25. The van der Waals surface area contributed by atoms with Crippen molar-refractivity contribution in [3.8, 4) is 17.2 Å². The molecule has 2 rings (SSSR count). The third-order valence-electron chi connectivity index (χ3n) is 3.84. The van der Waals surface area contributed by atoms with Crippen molar-refractivity contribution >= 4 is 15.9 Å². The Morgan fingerprint density at radius 1 is 1.21 bits per heavy atom. The van der Waals surface area contributed by atoms with Gasteiger partial charge in [-0.25, -0.2) is 0 Å². The fourth-order valence-electron chi connectivity index (χ4n) is 2.85. The Morgan fingerprint density at radius 2 is 1.84 bits per heavy atom. The van der Waals surface area contributed by atoms with Crippen LogP contribution < -0.4 is 15.2 Å². The minimum absolute atomic E-state index is 0.155. The molecule has 0 heterocycles. The highest BCUT2D eigenvalue weighted by atomic mass is 79.9. The van der Waals surface area contributed by atoms with Gasteiger partial charge in [0.05, 0.1) is 24.3 Å². The normalized spacial score (nSPS) is 18.1. The van der Waals surface area contributed by atoms with Gasteiger partial charge in [-0.3, -0.25) is 0 Å². The molecule has 19 heavy (non-hydrogen) atoms. The third-order valence-corrected chi connectivity index (χ3v) is 4.44. The molecule has 0 bridgehead atoms. The average Bonchev–Trinajstić information content (AvgIpc) is 2.41. The van der Waals surface area contributed by atoms with Gasteiger partial charge in [-0.1, -0.05) is 19.3 Å². The van der Waals surface area contributed by atoms with Gasteiger partial charge in [-0.15, -0.1) is 0 Å². The van der Waals surface area contributed by atoms with Gasteiger partial charge in [0.25, 0.3) is 0 Å². The molecule has 3 N–H and O–H groups in total. The van der Waals surface area contributed by atoms with Gasteiger partial charge < -0.3 is 20.3 Å². The Kier molecular flexibility index (Phi) is 4.26. The van der Waals surface area contributed by atoms with Crippen LogP contribution in [0.25, 0.3) is 0 Å². The van der Waals surface area contributed by atoms with Crippen LogP contribution in [0.3, 0.4) is 0 Å². The Balaban J connectivity index is 2.62. The third kappa shape index (κ3) is 2.54. The van der Waals surface area contributed by atoms with Gasteiger partial charge in [0.1, 0.15) is 5.75 Å². The lowest BCUT2D eigenvalue weighted by Crippen LogP contribution is -2.39. The molecule has 5 heteroatoms. The van der Waals surface area contributed by atoms with E-state index in [1.165, 1.54) is 6.42 Å². The summed E-state index contributed by atoms with van der Waals surface area (Å²) in [5, 5.41) is 10.4. The van der Waals surface area contributed by atoms with E-state index in [1.807, 2.05) is 0 Å². The van der Waals surface area contributed by atoms with Crippen LogP contribution in [0, 0.1) is 0 Å². The van der Waals surface area contributed by atoms with Gasteiger partial charge in [-0.2, -0.15) is 0 Å². The van der Waals surface area contributed by atoms with Crippen molar-refractivity contribution in [3.05, 3.63) is 16.1 Å². The quantitative estimate of drug-likeness (QED) is 0.893. The minimum atomic E-state index is -0.551. The fourth-order valence-corrected chi connectivity index (χ4v) is 3.25. The van der Waals surface area contributed by atoms with Gasteiger partial charge >= 0.3 is 0 Å². The number of phenols is 1. The summed E-state index contributed by atoms with van der Waals surface area (Å²) >= 11 is 3.35. The van der Waals surface area contributed by atoms with Crippen LogP contribution in [0.4, 0.5) is 0 Å². The lowest BCUT2D eigenvalue weighted by atomic mass is 9.76. The van der Waals surface area contributed by atoms with Crippen molar-refractivity contribution in [1.29, 1.82) is 0 Å². The fraction of sp³-hybridized carbons (Fsp3) is 0.571. The van der Waals surface area contributed by atoms with E-state index in [-0.39, 0.29) is 5.75 Å². The van der Waals surface area contributed by atoms with E-state index in [4.69, 9.17) is 15.2 Å². The van der Waals surface area contributed by atoms with Gasteiger partial charge in [0, 0.05) is 11.6 Å². The molecule has 1 fully saturated rings. The second-order valence-electron chi connectivity index (χ2n) is 5.03. The Morgan fingerprint density at radius 3 is 2.37 bits per heavy atom. The summed E-state index contributed by atoms with van der Waals surface area (Å²) in [4.78, 5) is 0. The number of nitrogens with two attached hydrogens (primary N) is 1. The summed E-state index contributed by atoms with van der Waals surface area (Å²) in [6, 6.07) is 1.70. The van der Waals surface area contributed by atoms with E-state index in [9.17, 15) is 5.11 Å². The van der Waals surface area contributed by atoms with E-state index in [1.54, 1.807) is 20.3 Å². The van der Waals surface area contributed by atoms with Gasteiger partial charge in [-0.05, 0) is 28.8 Å². The van der Waals surface area contributed by atoms with Crippen LogP contribution in [-0.2, 0) is 5.54 Å². The first-order valence-electron chi connectivity index (χ1n) is 6.46. The van der Waals surface area contributed by atoms with Gasteiger partial charge in [0.2, 0.25) is 0 Å². The molecule has 0 spiro atoms. The molecule has 0 aliphatic heterocycles. The summed E-state index contributed by atoms with van der Waals surface area (Å²) < 4.78 is 11.3. The van der Waals surface area contributed by atoms with E-state index in [2.05, 4.69) is 15.9 Å². The minimum Gasteiger partial charge on any atom is -0.506 e. The number of methoxy groups -OCH3 is 2. The number of hydrogen-bond donors (Lipinski definition) is 2. The number of halogens is 1. The molecule has 0 radical (unpaired) electrons. The summed E-state index contributed by atoms with van der Waals surface area (Å²) in [6.45, 7) is 0. The number of hydrogen-bond acceptors (Lipinski definition) is 4. The summed E-state index contributed by atoms with van der Waals surface area (Å²) in [6.07, 6.45) is 5.00. The van der Waals surface area contributed by atoms with Crippen molar-refractivity contribution in [2.45, 2.75) is 37.6 Å². The van der Waals surface area contributed by atoms with Crippen molar-refractivity contribution < 1.29 is 14.6 Å². The Labute approximate surface area is 122 Å². The molecule has 0 saturated heterocycles. The van der Waals surface area contributed by atoms with Crippen molar-refractivity contribution in [2.24, 2.45) is 5.73 Å². The lowest BCUT2D eigenvalue weighted by molar-refractivity contribution is 0.271. The molecule has 0 atom stereocenters. The maximum atomic E-state index is 10.4. The molecular weight excluding hydrogens is 310 g/mol. The van der Waals surface area contributed by atoms with E-state index in [0.717, 1.165) is 25.7 Å². The smallest absolute Gasteiger partial charge is 0.169 e. The van der Waals surface area contributed by atoms with Crippen LogP contribution in [0.15, 0.2) is 10.5 Å². The zero-order valence-electron chi connectivity index (χ0n) is 11.3. The van der Waals surface area contributed by atoms with E-state index < -0.39 is 5.54 Å². The van der Waals surface area contributed by atoms with Crippen molar-refractivity contribution in [3.63, 3.8) is 0 Å². The van der Waals surface area contributed by atoms with Crippen molar-refractivity contribution in [1.82, 2.24) is 0 Å². The average molecular weight is 330 g/mol. The molecular formula is C14H20BrNO3. The zero-order valence-corrected chi connectivity index (χ0v) is 12.9. The number of phenolic OH excluding ortho intramolecular Hbond substituents is 1. The molecule has 0 unspecified atom stereocenters. The standard InChI is InChI=1S/C14H20BrNO3/c1-18-10-8-9(15)12(17)11(13(10)19-2)14(16)6-4-3-5-7-14/h8,17H,3-7,16H2,1-2H3. The molecule has 1 aromatic rings. The molecule has 1 aliphatic carbocycles. The zero-order chi connectivity index (χ0) is 14.0. The maximum absolute atomic E-state index is 10.4. The summed E-state index contributed by atoms with van der Waals surface area (Å²) in [5.74, 6) is 1.27. The predicted octanol–water partition coefficient (Wildman–Crippen LogP) is 3.29.